The molecule has 1 aromatic carbocycles. The molecule has 1 heterocycles. The van der Waals surface area contributed by atoms with E-state index in [0.717, 1.165) is 0 Å². The second-order valence-corrected chi connectivity index (χ2v) is 5.91. The third-order valence-electron chi connectivity index (χ3n) is 3.12. The zero-order valence-electron chi connectivity index (χ0n) is 11.9. The summed E-state index contributed by atoms with van der Waals surface area (Å²) < 4.78 is 19.2. The molecule has 0 spiro atoms. The molecule has 20 heavy (non-hydrogen) atoms. The summed E-state index contributed by atoms with van der Waals surface area (Å²) in [7, 11) is 5.48. The average Bonchev–Trinajstić information content (AvgIpc) is 2.33. The number of nitrogens with zero attached hydrogens (tertiary/aromatic N) is 1. The van der Waals surface area contributed by atoms with Crippen LogP contribution >= 0.6 is 0 Å². The van der Waals surface area contributed by atoms with Gasteiger partial charge in [-0.2, -0.15) is 0 Å². The number of hydrogen-bond acceptors (Lipinski definition) is 3. The molecule has 1 amide bonds. The van der Waals surface area contributed by atoms with Crippen molar-refractivity contribution < 1.29 is 19.0 Å². The Morgan fingerprint density at radius 1 is 1.45 bits per heavy atom. The van der Waals surface area contributed by atoms with Gasteiger partial charge in [0.1, 0.15) is 25.0 Å². The average molecular weight is 277 g/mol. The number of halogens is 1. The molecule has 4 nitrogen and oxygen atoms in total. The van der Waals surface area contributed by atoms with Crippen LogP contribution in [0.3, 0.4) is 0 Å². The van der Waals surface area contributed by atoms with Gasteiger partial charge in [0.2, 0.25) is 0 Å². The Kier molecular flexibility index (Phi) is 3.67. The fourth-order valence-electron chi connectivity index (χ4n) is 2.20. The summed E-state index contributed by atoms with van der Waals surface area (Å²) in [6.45, 7) is 5.79. The summed E-state index contributed by atoms with van der Waals surface area (Å²) in [6.07, 6.45) is -0.168. The molecule has 2 radical (unpaired) electrons. The number of fused-ring (bicyclic) bond motifs is 1. The zero-order valence-corrected chi connectivity index (χ0v) is 11.9. The van der Waals surface area contributed by atoms with E-state index >= 15 is 0 Å². The molecule has 0 saturated heterocycles. The SMILES string of the molecule is [B]c1cc(O)c2c(c1F)CCN(C(=O)OC(C)(C)C)C2. The number of rotatable bonds is 0. The van der Waals surface area contributed by atoms with Crippen molar-refractivity contribution in [2.45, 2.75) is 39.3 Å². The summed E-state index contributed by atoms with van der Waals surface area (Å²) in [6, 6.07) is 1.17. The van der Waals surface area contributed by atoms with Crippen molar-refractivity contribution in [2.24, 2.45) is 0 Å². The fourth-order valence-corrected chi connectivity index (χ4v) is 2.20. The van der Waals surface area contributed by atoms with Gasteiger partial charge in [-0.1, -0.05) is 5.46 Å². The van der Waals surface area contributed by atoms with Crippen LogP contribution in [0.25, 0.3) is 0 Å². The summed E-state index contributed by atoms with van der Waals surface area (Å²) in [5.41, 5.74) is 0.106. The molecule has 0 unspecified atom stereocenters. The first kappa shape index (κ1) is 14.7. The number of carbonyl (C=O) groups is 1. The quantitative estimate of drug-likeness (QED) is 0.733. The van der Waals surface area contributed by atoms with E-state index in [-0.39, 0.29) is 17.8 Å². The van der Waals surface area contributed by atoms with E-state index in [4.69, 9.17) is 12.6 Å². The first-order valence-electron chi connectivity index (χ1n) is 6.45. The number of aromatic hydroxyl groups is 1. The smallest absolute Gasteiger partial charge is 0.410 e. The molecule has 1 aliphatic rings. The van der Waals surface area contributed by atoms with Gasteiger partial charge in [-0.3, -0.25) is 0 Å². The highest BCUT2D eigenvalue weighted by molar-refractivity contribution is 6.32. The van der Waals surface area contributed by atoms with E-state index in [1.54, 1.807) is 20.8 Å². The number of phenols is 1. The van der Waals surface area contributed by atoms with Gasteiger partial charge in [0.25, 0.3) is 0 Å². The maximum atomic E-state index is 13.9. The highest BCUT2D eigenvalue weighted by Crippen LogP contribution is 2.29. The van der Waals surface area contributed by atoms with Gasteiger partial charge in [0.05, 0.1) is 6.54 Å². The minimum absolute atomic E-state index is 0.0769. The van der Waals surface area contributed by atoms with E-state index < -0.39 is 17.5 Å². The Labute approximate surface area is 118 Å². The number of hydrogen-bond donors (Lipinski definition) is 1. The van der Waals surface area contributed by atoms with Crippen LogP contribution in [-0.4, -0.2) is 36.1 Å². The third kappa shape index (κ3) is 2.89. The Hall–Kier alpha value is -1.72. The summed E-state index contributed by atoms with van der Waals surface area (Å²) in [5.74, 6) is -0.603. The minimum atomic E-state index is -0.591. The lowest BCUT2D eigenvalue weighted by Crippen LogP contribution is -2.40. The van der Waals surface area contributed by atoms with Crippen molar-refractivity contribution in [1.29, 1.82) is 0 Å². The zero-order chi connectivity index (χ0) is 15.1. The van der Waals surface area contributed by atoms with Crippen molar-refractivity contribution in [3.8, 4) is 5.75 Å². The van der Waals surface area contributed by atoms with Crippen LogP contribution in [0.4, 0.5) is 9.18 Å². The van der Waals surface area contributed by atoms with E-state index in [1.807, 2.05) is 0 Å². The van der Waals surface area contributed by atoms with Gasteiger partial charge in [-0.25, -0.2) is 9.18 Å². The van der Waals surface area contributed by atoms with Crippen LogP contribution < -0.4 is 5.46 Å². The highest BCUT2D eigenvalue weighted by Gasteiger charge is 2.29. The Morgan fingerprint density at radius 2 is 2.10 bits per heavy atom. The lowest BCUT2D eigenvalue weighted by molar-refractivity contribution is 0.0221. The predicted octanol–water partition coefficient (Wildman–Crippen LogP) is 1.62. The normalized spacial score (nSPS) is 14.9. The molecule has 0 fully saturated rings. The molecular weight excluding hydrogens is 260 g/mol. The Bertz CT molecular complexity index is 554. The Balaban J connectivity index is 2.24. The number of benzene rings is 1. The van der Waals surface area contributed by atoms with Crippen LogP contribution in [0.5, 0.6) is 5.75 Å². The van der Waals surface area contributed by atoms with Crippen molar-refractivity contribution in [1.82, 2.24) is 4.90 Å². The van der Waals surface area contributed by atoms with Gasteiger partial charge in [0, 0.05) is 12.1 Å². The molecule has 0 bridgehead atoms. The number of phenolic OH excluding ortho intramolecular Hbond substituents is 1. The fraction of sp³-hybridized carbons (Fsp3) is 0.500. The molecule has 0 aliphatic carbocycles. The second kappa shape index (κ2) is 5.00. The van der Waals surface area contributed by atoms with Gasteiger partial charge in [-0.05, 0) is 38.8 Å². The molecule has 0 atom stereocenters. The van der Waals surface area contributed by atoms with Gasteiger partial charge in [0.15, 0.2) is 0 Å². The topological polar surface area (TPSA) is 49.8 Å². The lowest BCUT2D eigenvalue weighted by Gasteiger charge is -2.32. The van der Waals surface area contributed by atoms with Crippen LogP contribution in [0.1, 0.15) is 31.9 Å². The van der Waals surface area contributed by atoms with E-state index in [9.17, 15) is 14.3 Å². The summed E-state index contributed by atoms with van der Waals surface area (Å²) >= 11 is 0. The summed E-state index contributed by atoms with van der Waals surface area (Å²) in [5, 5.41) is 9.87. The molecule has 1 aliphatic heterocycles. The maximum absolute atomic E-state index is 13.9. The minimum Gasteiger partial charge on any atom is -0.508 e. The first-order chi connectivity index (χ1) is 9.19. The third-order valence-corrected chi connectivity index (χ3v) is 3.12. The van der Waals surface area contributed by atoms with Crippen LogP contribution in [0.15, 0.2) is 6.07 Å². The maximum Gasteiger partial charge on any atom is 0.410 e. The van der Waals surface area contributed by atoms with E-state index in [0.29, 0.717) is 24.1 Å². The van der Waals surface area contributed by atoms with Crippen LogP contribution in [-0.2, 0) is 17.7 Å². The summed E-state index contributed by atoms with van der Waals surface area (Å²) in [4.78, 5) is 13.4. The number of carbonyl (C=O) groups excluding carboxylic acids is 1. The van der Waals surface area contributed by atoms with Crippen molar-refractivity contribution in [3.05, 3.63) is 23.0 Å². The molecule has 1 aromatic rings. The van der Waals surface area contributed by atoms with E-state index in [2.05, 4.69) is 0 Å². The number of ether oxygens (including phenoxy) is 1. The molecule has 6 heteroatoms. The molecular formula is C14H17BFNO3. The van der Waals surface area contributed by atoms with Crippen LogP contribution in [0, 0.1) is 5.82 Å². The number of amides is 1. The molecule has 0 saturated carbocycles. The highest BCUT2D eigenvalue weighted by atomic mass is 19.1. The predicted molar refractivity (Wildman–Crippen MR) is 73.8 cm³/mol. The van der Waals surface area contributed by atoms with Crippen LogP contribution in [0.2, 0.25) is 0 Å². The lowest BCUT2D eigenvalue weighted by atomic mass is 9.87. The van der Waals surface area contributed by atoms with E-state index in [1.165, 1.54) is 11.0 Å². The molecule has 1 N–H and O–H groups in total. The second-order valence-electron chi connectivity index (χ2n) is 5.91. The molecule has 0 aromatic heterocycles. The van der Waals surface area contributed by atoms with Crippen molar-refractivity contribution in [3.63, 3.8) is 0 Å². The Morgan fingerprint density at radius 3 is 2.70 bits per heavy atom. The van der Waals surface area contributed by atoms with Crippen molar-refractivity contribution in [2.75, 3.05) is 6.54 Å². The first-order valence-corrected chi connectivity index (χ1v) is 6.45. The standard InChI is InChI=1S/C14H17BFNO3/c1-14(2,3)20-13(19)17-5-4-8-9(7-17)11(18)6-10(15)12(8)16/h6,18H,4-5,7H2,1-3H3. The van der Waals surface area contributed by atoms with Gasteiger partial charge in [-0.15, -0.1) is 0 Å². The monoisotopic (exact) mass is 277 g/mol. The molecule has 106 valence electrons. The molecule has 2 rings (SSSR count). The van der Waals surface area contributed by atoms with Gasteiger partial charge >= 0.3 is 6.09 Å². The van der Waals surface area contributed by atoms with Gasteiger partial charge < -0.3 is 14.7 Å². The largest absolute Gasteiger partial charge is 0.508 e. The van der Waals surface area contributed by atoms with Crippen molar-refractivity contribution >= 4 is 19.4 Å².